The van der Waals surface area contributed by atoms with Crippen LogP contribution in [0.2, 0.25) is 0 Å². The third kappa shape index (κ3) is 9.71. The number of carbonyl (C=O) groups is 1. The summed E-state index contributed by atoms with van der Waals surface area (Å²) in [5.74, 6) is 1.09. The van der Waals surface area contributed by atoms with Crippen molar-refractivity contribution in [2.45, 2.75) is 90.5 Å². The number of fused-ring (bicyclic) bond motifs is 1. The smallest absolute Gasteiger partial charge is 0.243 e. The monoisotopic (exact) mass is 473 g/mol. The van der Waals surface area contributed by atoms with E-state index in [1.165, 1.54) is 69.7 Å². The number of para-hydroxylation sites is 2. The third-order valence-corrected chi connectivity index (χ3v) is 6.57. The average molecular weight is 474 g/mol. The van der Waals surface area contributed by atoms with Crippen molar-refractivity contribution in [1.82, 2.24) is 14.9 Å². The van der Waals surface area contributed by atoms with E-state index in [2.05, 4.69) is 41.1 Å². The summed E-state index contributed by atoms with van der Waals surface area (Å²) in [5.41, 5.74) is 3.33. The Morgan fingerprint density at radius 1 is 0.829 bits per heavy atom. The number of amides is 1. The van der Waals surface area contributed by atoms with Crippen molar-refractivity contribution in [2.75, 3.05) is 6.54 Å². The highest BCUT2D eigenvalue weighted by Gasteiger charge is 2.10. The highest BCUT2D eigenvalue weighted by Crippen LogP contribution is 2.19. The van der Waals surface area contributed by atoms with E-state index in [0.717, 1.165) is 36.3 Å². The van der Waals surface area contributed by atoms with Gasteiger partial charge in [0.1, 0.15) is 5.82 Å². The number of hydrogen-bond acceptors (Lipinski definition) is 2. The van der Waals surface area contributed by atoms with Gasteiger partial charge in [-0.15, -0.1) is 0 Å². The Morgan fingerprint density at radius 3 is 2.23 bits per heavy atom. The lowest BCUT2D eigenvalue weighted by atomic mass is 10.1. The second-order valence-corrected chi connectivity index (χ2v) is 9.49. The van der Waals surface area contributed by atoms with Crippen LogP contribution in [-0.2, 0) is 17.8 Å². The molecule has 0 aliphatic heterocycles. The van der Waals surface area contributed by atoms with Crippen LogP contribution in [0, 0.1) is 0 Å². The molecule has 3 aromatic rings. The molecule has 0 radical (unpaired) electrons. The number of hydrogen-bond donors (Lipinski definition) is 1. The fourth-order valence-corrected chi connectivity index (χ4v) is 4.58. The molecular weight excluding hydrogens is 430 g/mol. The number of nitrogens with one attached hydrogen (secondary N) is 1. The first-order valence-corrected chi connectivity index (χ1v) is 13.7. The molecule has 1 heterocycles. The van der Waals surface area contributed by atoms with E-state index in [-0.39, 0.29) is 5.91 Å². The standard InChI is InChI=1S/C31H43N3O/c1-2-3-4-5-6-7-8-9-10-16-26-34-29-21-15-14-20-28(29)33-30(34)22-17-25-32-31(35)24-23-27-18-12-11-13-19-27/h11-15,18-21,23-24H,2-10,16-17,22,25-26H2,1H3,(H,32,35)/b24-23+. The molecule has 0 spiro atoms. The van der Waals surface area contributed by atoms with Crippen molar-refractivity contribution < 1.29 is 4.79 Å². The molecule has 0 aliphatic carbocycles. The fraction of sp³-hybridized carbons (Fsp3) is 0.484. The minimum absolute atomic E-state index is 0.0484. The van der Waals surface area contributed by atoms with Gasteiger partial charge in [-0.25, -0.2) is 4.98 Å². The van der Waals surface area contributed by atoms with Crippen molar-refractivity contribution >= 4 is 23.0 Å². The number of imidazole rings is 1. The van der Waals surface area contributed by atoms with Gasteiger partial charge < -0.3 is 9.88 Å². The third-order valence-electron chi connectivity index (χ3n) is 6.57. The van der Waals surface area contributed by atoms with Gasteiger partial charge in [-0.2, -0.15) is 0 Å². The number of aryl methyl sites for hydroxylation is 2. The maximum atomic E-state index is 12.1. The molecule has 1 amide bonds. The number of carbonyl (C=O) groups excluding carboxylic acids is 1. The summed E-state index contributed by atoms with van der Waals surface area (Å²) in [6, 6.07) is 18.3. The second-order valence-electron chi connectivity index (χ2n) is 9.49. The molecule has 0 unspecified atom stereocenters. The van der Waals surface area contributed by atoms with Crippen LogP contribution in [0.5, 0.6) is 0 Å². The summed E-state index contributed by atoms with van der Waals surface area (Å²) in [4.78, 5) is 17.0. The molecular formula is C31H43N3O. The summed E-state index contributed by atoms with van der Waals surface area (Å²) in [6.45, 7) is 3.95. The Kier molecular flexibility index (Phi) is 12.1. The molecule has 2 aromatic carbocycles. The van der Waals surface area contributed by atoms with Crippen molar-refractivity contribution in [2.24, 2.45) is 0 Å². The summed E-state index contributed by atoms with van der Waals surface area (Å²) < 4.78 is 2.40. The SMILES string of the molecule is CCCCCCCCCCCCn1c(CCCNC(=O)/C=C/c2ccccc2)nc2ccccc21. The number of aromatic nitrogens is 2. The van der Waals surface area contributed by atoms with Gasteiger partial charge in [0, 0.05) is 25.6 Å². The zero-order valence-electron chi connectivity index (χ0n) is 21.6. The molecule has 0 atom stereocenters. The van der Waals surface area contributed by atoms with Crippen LogP contribution in [0.15, 0.2) is 60.7 Å². The molecule has 0 fully saturated rings. The van der Waals surface area contributed by atoms with Crippen LogP contribution in [0.3, 0.4) is 0 Å². The molecule has 0 aliphatic rings. The molecule has 3 rings (SSSR count). The Bertz CT molecular complexity index is 1020. The van der Waals surface area contributed by atoms with E-state index >= 15 is 0 Å². The molecule has 4 heteroatoms. The maximum absolute atomic E-state index is 12.1. The Morgan fingerprint density at radius 2 is 1.49 bits per heavy atom. The summed E-state index contributed by atoms with van der Waals surface area (Å²) >= 11 is 0. The van der Waals surface area contributed by atoms with Crippen LogP contribution in [0.25, 0.3) is 17.1 Å². The van der Waals surface area contributed by atoms with Crippen molar-refractivity contribution in [3.8, 4) is 0 Å². The van der Waals surface area contributed by atoms with Crippen molar-refractivity contribution in [1.29, 1.82) is 0 Å². The molecule has 188 valence electrons. The normalized spacial score (nSPS) is 11.5. The summed E-state index contributed by atoms with van der Waals surface area (Å²) in [5, 5.41) is 3.00. The average Bonchev–Trinajstić information content (AvgIpc) is 3.24. The van der Waals surface area contributed by atoms with Crippen LogP contribution in [0.1, 0.15) is 88.9 Å². The van der Waals surface area contributed by atoms with Gasteiger partial charge in [0.2, 0.25) is 5.91 Å². The highest BCUT2D eigenvalue weighted by molar-refractivity contribution is 5.91. The minimum atomic E-state index is -0.0484. The molecule has 0 saturated heterocycles. The Hall–Kier alpha value is -2.88. The number of unbranched alkanes of at least 4 members (excludes halogenated alkanes) is 9. The first-order chi connectivity index (χ1) is 17.3. The second kappa shape index (κ2) is 15.9. The van der Waals surface area contributed by atoms with Gasteiger partial charge in [-0.3, -0.25) is 4.79 Å². The van der Waals surface area contributed by atoms with Crippen LogP contribution < -0.4 is 5.32 Å². The van der Waals surface area contributed by atoms with E-state index in [1.54, 1.807) is 6.08 Å². The predicted octanol–water partition coefficient (Wildman–Crippen LogP) is 7.72. The summed E-state index contributed by atoms with van der Waals surface area (Å²) in [7, 11) is 0. The Labute approximate surface area is 211 Å². The van der Waals surface area contributed by atoms with Gasteiger partial charge in [0.25, 0.3) is 0 Å². The molecule has 35 heavy (non-hydrogen) atoms. The van der Waals surface area contributed by atoms with Gasteiger partial charge in [-0.05, 0) is 36.6 Å². The van der Waals surface area contributed by atoms with Gasteiger partial charge in [0.15, 0.2) is 0 Å². The zero-order valence-corrected chi connectivity index (χ0v) is 21.6. The number of rotatable bonds is 17. The highest BCUT2D eigenvalue weighted by atomic mass is 16.1. The minimum Gasteiger partial charge on any atom is -0.353 e. The first kappa shape index (κ1) is 26.7. The first-order valence-electron chi connectivity index (χ1n) is 13.7. The van der Waals surface area contributed by atoms with Crippen LogP contribution in [0.4, 0.5) is 0 Å². The van der Waals surface area contributed by atoms with Crippen LogP contribution in [-0.4, -0.2) is 22.0 Å². The van der Waals surface area contributed by atoms with E-state index in [9.17, 15) is 4.79 Å². The molecule has 4 nitrogen and oxygen atoms in total. The largest absolute Gasteiger partial charge is 0.353 e. The van der Waals surface area contributed by atoms with E-state index in [4.69, 9.17) is 4.98 Å². The lowest BCUT2D eigenvalue weighted by molar-refractivity contribution is -0.116. The van der Waals surface area contributed by atoms with Crippen LogP contribution >= 0.6 is 0 Å². The number of nitrogens with zero attached hydrogens (tertiary/aromatic N) is 2. The zero-order chi connectivity index (χ0) is 24.6. The van der Waals surface area contributed by atoms with Crippen molar-refractivity contribution in [3.63, 3.8) is 0 Å². The molecule has 1 N–H and O–H groups in total. The molecule has 1 aromatic heterocycles. The quantitative estimate of drug-likeness (QED) is 0.161. The lowest BCUT2D eigenvalue weighted by Crippen LogP contribution is -2.22. The van der Waals surface area contributed by atoms with Gasteiger partial charge in [-0.1, -0.05) is 107 Å². The summed E-state index contributed by atoms with van der Waals surface area (Å²) in [6.07, 6.45) is 18.7. The Balaban J connectivity index is 1.40. The van der Waals surface area contributed by atoms with Crippen molar-refractivity contribution in [3.05, 3.63) is 72.1 Å². The molecule has 0 bridgehead atoms. The fourth-order valence-electron chi connectivity index (χ4n) is 4.58. The van der Waals surface area contributed by atoms with Gasteiger partial charge in [0.05, 0.1) is 11.0 Å². The van der Waals surface area contributed by atoms with E-state index < -0.39 is 0 Å². The topological polar surface area (TPSA) is 46.9 Å². The maximum Gasteiger partial charge on any atom is 0.243 e. The van der Waals surface area contributed by atoms with Gasteiger partial charge >= 0.3 is 0 Å². The number of benzene rings is 2. The molecule has 0 saturated carbocycles. The lowest BCUT2D eigenvalue weighted by Gasteiger charge is -2.10. The predicted molar refractivity (Wildman–Crippen MR) is 148 cm³/mol. The van der Waals surface area contributed by atoms with E-state index in [0.29, 0.717) is 6.54 Å². The van der Waals surface area contributed by atoms with E-state index in [1.807, 2.05) is 36.4 Å².